The molecule has 148 valence electrons. The summed E-state index contributed by atoms with van der Waals surface area (Å²) in [4.78, 5) is 26.9. The first-order valence-electron chi connectivity index (χ1n) is 9.24. The molecule has 0 saturated heterocycles. The predicted molar refractivity (Wildman–Crippen MR) is 106 cm³/mol. The Hall–Kier alpha value is -2.86. The third-order valence-electron chi connectivity index (χ3n) is 4.98. The van der Waals surface area contributed by atoms with Crippen LogP contribution in [0.2, 0.25) is 0 Å². The Morgan fingerprint density at radius 1 is 1.11 bits per heavy atom. The number of hydrogen-bond donors (Lipinski definition) is 0. The van der Waals surface area contributed by atoms with E-state index in [9.17, 15) is 9.59 Å². The minimum atomic E-state index is -0.598. The van der Waals surface area contributed by atoms with Gasteiger partial charge in [-0.2, -0.15) is 0 Å². The van der Waals surface area contributed by atoms with Gasteiger partial charge >= 0.3 is 0 Å². The quantitative estimate of drug-likeness (QED) is 0.653. The maximum absolute atomic E-state index is 12.7. The van der Waals surface area contributed by atoms with E-state index in [2.05, 4.69) is 0 Å². The Morgan fingerprint density at radius 2 is 1.75 bits per heavy atom. The van der Waals surface area contributed by atoms with E-state index in [0.29, 0.717) is 41.3 Å². The number of nitrogens with zero attached hydrogens (tertiary/aromatic N) is 1. The van der Waals surface area contributed by atoms with E-state index in [-0.39, 0.29) is 11.6 Å². The van der Waals surface area contributed by atoms with Crippen molar-refractivity contribution < 1.29 is 23.8 Å². The molecule has 1 aliphatic rings. The molecule has 0 N–H and O–H groups in total. The minimum absolute atomic E-state index is 0.0550. The molecule has 0 saturated carbocycles. The molecule has 0 spiro atoms. The van der Waals surface area contributed by atoms with Crippen LogP contribution in [0.3, 0.4) is 0 Å². The van der Waals surface area contributed by atoms with E-state index in [1.165, 1.54) is 0 Å². The molecule has 1 unspecified atom stereocenters. The molecule has 2 aromatic carbocycles. The minimum Gasteiger partial charge on any atom is -0.493 e. The Bertz CT molecular complexity index is 875. The second kappa shape index (κ2) is 8.44. The van der Waals surface area contributed by atoms with Crippen LogP contribution < -0.4 is 14.2 Å². The van der Waals surface area contributed by atoms with Gasteiger partial charge in [0.15, 0.2) is 23.4 Å². The maximum atomic E-state index is 12.7. The molecule has 3 rings (SSSR count). The number of ether oxygens (including phenoxy) is 3. The van der Waals surface area contributed by atoms with Gasteiger partial charge in [0.2, 0.25) is 5.78 Å². The van der Waals surface area contributed by atoms with Gasteiger partial charge in [-0.15, -0.1) is 0 Å². The van der Waals surface area contributed by atoms with Crippen molar-refractivity contribution in [3.63, 3.8) is 0 Å². The highest BCUT2D eigenvalue weighted by Gasteiger charge is 2.33. The van der Waals surface area contributed by atoms with E-state index >= 15 is 0 Å². The molecule has 0 fully saturated rings. The summed E-state index contributed by atoms with van der Waals surface area (Å²) in [5.74, 6) is 1.65. The van der Waals surface area contributed by atoms with Crippen molar-refractivity contribution in [1.29, 1.82) is 0 Å². The van der Waals surface area contributed by atoms with Crippen LogP contribution in [-0.4, -0.2) is 56.9 Å². The fourth-order valence-electron chi connectivity index (χ4n) is 3.21. The summed E-state index contributed by atoms with van der Waals surface area (Å²) in [6.45, 7) is 3.19. The predicted octanol–water partition coefficient (Wildman–Crippen LogP) is 3.02. The standard InChI is InChI=1S/C22H25NO5/c1-5-23(2)13-18(24)14-6-8-16(9-7-14)28-21-11-15-10-19(26-3)20(27-4)12-17(15)22(21)25/h6-10,12,21H,5,11,13H2,1-4H3. The van der Waals surface area contributed by atoms with Gasteiger partial charge in [-0.05, 0) is 55.6 Å². The van der Waals surface area contributed by atoms with Gasteiger partial charge in [-0.1, -0.05) is 6.92 Å². The first kappa shape index (κ1) is 19.9. The van der Waals surface area contributed by atoms with Crippen LogP contribution in [0.15, 0.2) is 36.4 Å². The monoisotopic (exact) mass is 383 g/mol. The first-order valence-corrected chi connectivity index (χ1v) is 9.24. The van der Waals surface area contributed by atoms with Crippen LogP contribution in [0.25, 0.3) is 0 Å². The van der Waals surface area contributed by atoms with Crippen LogP contribution in [-0.2, 0) is 6.42 Å². The van der Waals surface area contributed by atoms with Crippen molar-refractivity contribution in [2.75, 3.05) is 34.4 Å². The van der Waals surface area contributed by atoms with Crippen LogP contribution in [0.1, 0.15) is 33.2 Å². The number of hydrogen-bond acceptors (Lipinski definition) is 6. The van der Waals surface area contributed by atoms with Gasteiger partial charge in [0, 0.05) is 17.5 Å². The summed E-state index contributed by atoms with van der Waals surface area (Å²) in [5, 5.41) is 0. The van der Waals surface area contributed by atoms with Gasteiger partial charge < -0.3 is 14.2 Å². The molecular weight excluding hydrogens is 358 g/mol. The molecule has 0 radical (unpaired) electrons. The van der Waals surface area contributed by atoms with E-state index in [1.54, 1.807) is 44.6 Å². The summed E-state index contributed by atoms with van der Waals surface area (Å²) >= 11 is 0. The van der Waals surface area contributed by atoms with E-state index in [4.69, 9.17) is 14.2 Å². The normalized spacial score (nSPS) is 15.5. The lowest BCUT2D eigenvalue weighted by molar-refractivity contribution is 0.0820. The van der Waals surface area contributed by atoms with Gasteiger partial charge in [-0.25, -0.2) is 0 Å². The van der Waals surface area contributed by atoms with E-state index in [1.807, 2.05) is 24.9 Å². The zero-order valence-corrected chi connectivity index (χ0v) is 16.7. The Labute approximate surface area is 165 Å². The fourth-order valence-corrected chi connectivity index (χ4v) is 3.21. The number of Topliss-reactive ketones (excluding diaryl/α,β-unsaturated/α-hetero) is 2. The summed E-state index contributed by atoms with van der Waals surface area (Å²) in [6.07, 6.45) is -0.129. The number of rotatable bonds is 8. The van der Waals surface area contributed by atoms with Crippen LogP contribution in [0.5, 0.6) is 17.2 Å². The molecule has 1 atom stereocenters. The summed E-state index contributed by atoms with van der Waals surface area (Å²) in [5.41, 5.74) is 2.10. The van der Waals surface area contributed by atoms with Crippen molar-refractivity contribution in [1.82, 2.24) is 4.90 Å². The van der Waals surface area contributed by atoms with Gasteiger partial charge in [-0.3, -0.25) is 14.5 Å². The van der Waals surface area contributed by atoms with Gasteiger partial charge in [0.25, 0.3) is 0 Å². The lowest BCUT2D eigenvalue weighted by Crippen LogP contribution is -2.25. The third kappa shape index (κ3) is 4.02. The van der Waals surface area contributed by atoms with Crippen LogP contribution >= 0.6 is 0 Å². The van der Waals surface area contributed by atoms with E-state index < -0.39 is 6.10 Å². The molecular formula is C22H25NO5. The average molecular weight is 383 g/mol. The number of benzene rings is 2. The zero-order chi connectivity index (χ0) is 20.3. The van der Waals surface area contributed by atoms with Crippen molar-refractivity contribution in [2.45, 2.75) is 19.4 Å². The molecule has 2 aromatic rings. The number of fused-ring (bicyclic) bond motifs is 1. The topological polar surface area (TPSA) is 65.1 Å². The molecule has 0 heterocycles. The number of ketones is 2. The Kier molecular flexibility index (Phi) is 5.99. The smallest absolute Gasteiger partial charge is 0.204 e. The number of methoxy groups -OCH3 is 2. The lowest BCUT2D eigenvalue weighted by atomic mass is 10.1. The molecule has 0 aliphatic heterocycles. The average Bonchev–Trinajstić information content (AvgIpc) is 3.01. The summed E-state index contributed by atoms with van der Waals surface area (Å²) in [7, 11) is 5.01. The molecule has 1 aliphatic carbocycles. The Balaban J connectivity index is 1.71. The summed E-state index contributed by atoms with van der Waals surface area (Å²) < 4.78 is 16.5. The molecule has 0 amide bonds. The molecule has 0 bridgehead atoms. The van der Waals surface area contributed by atoms with Gasteiger partial charge in [0.05, 0.1) is 20.8 Å². The third-order valence-corrected chi connectivity index (χ3v) is 4.98. The largest absolute Gasteiger partial charge is 0.493 e. The number of carbonyl (C=O) groups is 2. The molecule has 0 aromatic heterocycles. The SMILES string of the molecule is CCN(C)CC(=O)c1ccc(OC2Cc3cc(OC)c(OC)cc3C2=O)cc1. The lowest BCUT2D eigenvalue weighted by Gasteiger charge is -2.14. The van der Waals surface area contributed by atoms with E-state index in [0.717, 1.165) is 12.1 Å². The second-order valence-corrected chi connectivity index (χ2v) is 6.82. The second-order valence-electron chi connectivity index (χ2n) is 6.82. The van der Waals surface area contributed by atoms with Crippen molar-refractivity contribution in [2.24, 2.45) is 0 Å². The number of likely N-dealkylation sites (N-methyl/N-ethyl adjacent to an activating group) is 1. The Morgan fingerprint density at radius 3 is 2.36 bits per heavy atom. The van der Waals surface area contributed by atoms with Crippen LogP contribution in [0.4, 0.5) is 0 Å². The van der Waals surface area contributed by atoms with Crippen molar-refractivity contribution in [3.05, 3.63) is 53.1 Å². The highest BCUT2D eigenvalue weighted by atomic mass is 16.5. The number of carbonyl (C=O) groups excluding carboxylic acids is 2. The van der Waals surface area contributed by atoms with Gasteiger partial charge in [0.1, 0.15) is 5.75 Å². The fraction of sp³-hybridized carbons (Fsp3) is 0.364. The van der Waals surface area contributed by atoms with Crippen molar-refractivity contribution in [3.8, 4) is 17.2 Å². The highest BCUT2D eigenvalue weighted by Crippen LogP contribution is 2.35. The molecule has 28 heavy (non-hydrogen) atoms. The first-order chi connectivity index (χ1) is 13.5. The molecule has 6 nitrogen and oxygen atoms in total. The van der Waals surface area contributed by atoms with Crippen molar-refractivity contribution >= 4 is 11.6 Å². The molecule has 6 heteroatoms. The zero-order valence-electron chi connectivity index (χ0n) is 16.7. The highest BCUT2D eigenvalue weighted by molar-refractivity contribution is 6.04. The maximum Gasteiger partial charge on any atom is 0.204 e. The van der Waals surface area contributed by atoms with Crippen LogP contribution in [0, 0.1) is 0 Å². The summed E-state index contributed by atoms with van der Waals surface area (Å²) in [6, 6.07) is 10.5.